The smallest absolute Gasteiger partial charge is 0.404 e. The van der Waals surface area contributed by atoms with E-state index in [1.165, 1.54) is 0 Å². The van der Waals surface area contributed by atoms with Gasteiger partial charge >= 0.3 is 6.09 Å². The van der Waals surface area contributed by atoms with Crippen molar-refractivity contribution in [1.29, 1.82) is 0 Å². The zero-order chi connectivity index (χ0) is 20.8. The number of carbonyl (C=O) groups is 1. The molecule has 3 aromatic rings. The van der Waals surface area contributed by atoms with E-state index in [9.17, 15) is 4.79 Å². The van der Waals surface area contributed by atoms with E-state index in [1.54, 1.807) is 7.11 Å². The molecule has 0 saturated heterocycles. The normalized spacial score (nSPS) is 10.4. The Morgan fingerprint density at radius 2 is 1.72 bits per heavy atom. The first-order valence-electron chi connectivity index (χ1n) is 9.03. The van der Waals surface area contributed by atoms with Crippen LogP contribution >= 0.6 is 0 Å². The number of allylic oxidation sites excluding steroid dienone is 1. The number of ether oxygens (including phenoxy) is 3. The van der Waals surface area contributed by atoms with E-state index in [0.717, 1.165) is 34.1 Å². The van der Waals surface area contributed by atoms with Gasteiger partial charge < -0.3 is 19.9 Å². The number of carbonyl (C=O) groups excluding carboxylic acids is 1. The Hall–Kier alpha value is -3.74. The molecular weight excluding hydrogens is 370 g/mol. The summed E-state index contributed by atoms with van der Waals surface area (Å²) in [6.07, 6.45) is 1.14. The minimum absolute atomic E-state index is 0.0994. The Balaban J connectivity index is 1.85. The molecule has 2 aromatic carbocycles. The van der Waals surface area contributed by atoms with Gasteiger partial charge in [0, 0.05) is 17.4 Å². The molecule has 2 N–H and O–H groups in total. The second-order valence-corrected chi connectivity index (χ2v) is 6.34. The molecule has 0 aliphatic rings. The number of nitrogens with zero attached hydrogens (tertiary/aromatic N) is 2. The molecule has 1 heterocycles. The van der Waals surface area contributed by atoms with Gasteiger partial charge in [-0.15, -0.1) is 0 Å². The Bertz CT molecular complexity index is 992. The molecular formula is C22H23N3O4. The number of nitrogens with two attached hydrogens (primary N) is 1. The van der Waals surface area contributed by atoms with Crippen LogP contribution in [0, 0.1) is 0 Å². The minimum atomic E-state index is -0.816. The Morgan fingerprint density at radius 3 is 2.31 bits per heavy atom. The fourth-order valence-corrected chi connectivity index (χ4v) is 2.73. The van der Waals surface area contributed by atoms with Gasteiger partial charge in [0.15, 0.2) is 0 Å². The van der Waals surface area contributed by atoms with E-state index in [1.807, 2.05) is 66.2 Å². The quantitative estimate of drug-likeness (QED) is 0.583. The molecule has 29 heavy (non-hydrogen) atoms. The number of aromatic nitrogens is 2. The predicted molar refractivity (Wildman–Crippen MR) is 111 cm³/mol. The van der Waals surface area contributed by atoms with Crippen molar-refractivity contribution in [3.63, 3.8) is 0 Å². The van der Waals surface area contributed by atoms with Crippen molar-refractivity contribution in [3.05, 3.63) is 67.0 Å². The third-order valence-corrected chi connectivity index (χ3v) is 4.20. The highest BCUT2D eigenvalue weighted by Crippen LogP contribution is 2.27. The first kappa shape index (κ1) is 20.0. The second-order valence-electron chi connectivity index (χ2n) is 6.34. The van der Waals surface area contributed by atoms with E-state index >= 15 is 0 Å². The second kappa shape index (κ2) is 8.97. The van der Waals surface area contributed by atoms with Crippen LogP contribution in [0.25, 0.3) is 22.6 Å². The van der Waals surface area contributed by atoms with Crippen molar-refractivity contribution >= 4 is 11.7 Å². The summed E-state index contributed by atoms with van der Waals surface area (Å²) >= 11 is 0. The molecule has 0 bridgehead atoms. The molecule has 150 valence electrons. The maximum absolute atomic E-state index is 10.6. The van der Waals surface area contributed by atoms with Gasteiger partial charge in [-0.05, 0) is 61.0 Å². The van der Waals surface area contributed by atoms with Gasteiger partial charge in [0.25, 0.3) is 0 Å². The van der Waals surface area contributed by atoms with Gasteiger partial charge in [0.05, 0.1) is 12.8 Å². The average molecular weight is 393 g/mol. The van der Waals surface area contributed by atoms with Gasteiger partial charge in [0.1, 0.15) is 30.5 Å². The summed E-state index contributed by atoms with van der Waals surface area (Å²) < 4.78 is 17.4. The standard InChI is InChI=1S/C22H23N3O4/c1-15(2)20-14-25(21(24-20)16-4-8-18(27-3)9-5-16)17-6-10-19(11-7-17)28-12-13-29-22(23)26/h4-11,14H,1,12-13H2,2-3H3,(H2,23,26). The zero-order valence-corrected chi connectivity index (χ0v) is 16.4. The third-order valence-electron chi connectivity index (χ3n) is 4.20. The summed E-state index contributed by atoms with van der Waals surface area (Å²) in [4.78, 5) is 15.3. The number of primary amides is 1. The van der Waals surface area contributed by atoms with Gasteiger partial charge in [-0.1, -0.05) is 6.58 Å². The maximum Gasteiger partial charge on any atom is 0.404 e. The van der Waals surface area contributed by atoms with Crippen molar-refractivity contribution < 1.29 is 19.0 Å². The SMILES string of the molecule is C=C(C)c1cn(-c2ccc(OCCOC(N)=O)cc2)c(-c2ccc(OC)cc2)n1. The summed E-state index contributed by atoms with van der Waals surface area (Å²) in [5.41, 5.74) is 8.51. The van der Waals surface area contributed by atoms with Crippen molar-refractivity contribution in [2.24, 2.45) is 5.73 Å². The van der Waals surface area contributed by atoms with E-state index in [-0.39, 0.29) is 13.2 Å². The van der Waals surface area contributed by atoms with Crippen LogP contribution in [-0.2, 0) is 4.74 Å². The molecule has 0 spiro atoms. The number of benzene rings is 2. The van der Waals surface area contributed by atoms with Crippen LogP contribution in [0.2, 0.25) is 0 Å². The van der Waals surface area contributed by atoms with Crippen LogP contribution in [0.4, 0.5) is 4.79 Å². The summed E-state index contributed by atoms with van der Waals surface area (Å²) in [5, 5.41) is 0. The Morgan fingerprint density at radius 1 is 1.07 bits per heavy atom. The third kappa shape index (κ3) is 4.95. The largest absolute Gasteiger partial charge is 0.497 e. The monoisotopic (exact) mass is 393 g/mol. The number of amides is 1. The zero-order valence-electron chi connectivity index (χ0n) is 16.4. The number of rotatable bonds is 8. The van der Waals surface area contributed by atoms with E-state index in [2.05, 4.69) is 11.3 Å². The fraction of sp³-hybridized carbons (Fsp3) is 0.182. The highest BCUT2D eigenvalue weighted by molar-refractivity contribution is 5.66. The van der Waals surface area contributed by atoms with Gasteiger partial charge in [-0.3, -0.25) is 4.57 Å². The van der Waals surface area contributed by atoms with Crippen LogP contribution < -0.4 is 15.2 Å². The molecule has 0 fully saturated rings. The van der Waals surface area contributed by atoms with E-state index in [0.29, 0.717) is 5.75 Å². The van der Waals surface area contributed by atoms with E-state index in [4.69, 9.17) is 20.2 Å². The predicted octanol–water partition coefficient (Wildman–Crippen LogP) is 4.06. The molecule has 0 aliphatic heterocycles. The summed E-state index contributed by atoms with van der Waals surface area (Å²) in [7, 11) is 1.64. The van der Waals surface area contributed by atoms with Crippen molar-refractivity contribution in [2.45, 2.75) is 6.92 Å². The fourth-order valence-electron chi connectivity index (χ4n) is 2.73. The van der Waals surface area contributed by atoms with E-state index < -0.39 is 6.09 Å². The summed E-state index contributed by atoms with van der Waals surface area (Å²) in [6.45, 7) is 6.25. The lowest BCUT2D eigenvalue weighted by Gasteiger charge is -2.10. The molecule has 3 rings (SSSR count). The molecule has 0 atom stereocenters. The lowest BCUT2D eigenvalue weighted by molar-refractivity contribution is 0.134. The molecule has 7 heteroatoms. The van der Waals surface area contributed by atoms with Gasteiger partial charge in [-0.2, -0.15) is 0 Å². The molecule has 1 amide bonds. The molecule has 0 radical (unpaired) electrons. The number of imidazole rings is 1. The molecule has 0 saturated carbocycles. The molecule has 7 nitrogen and oxygen atoms in total. The van der Waals surface area contributed by atoms with Crippen molar-refractivity contribution in [2.75, 3.05) is 20.3 Å². The van der Waals surface area contributed by atoms with Gasteiger partial charge in [-0.25, -0.2) is 9.78 Å². The molecule has 0 unspecified atom stereocenters. The average Bonchev–Trinajstić information content (AvgIpc) is 3.17. The summed E-state index contributed by atoms with van der Waals surface area (Å²) in [6, 6.07) is 15.3. The van der Waals surface area contributed by atoms with Crippen LogP contribution in [0.3, 0.4) is 0 Å². The Labute approximate surface area is 169 Å². The maximum atomic E-state index is 10.6. The topological polar surface area (TPSA) is 88.6 Å². The lowest BCUT2D eigenvalue weighted by atomic mass is 10.2. The molecule has 1 aromatic heterocycles. The highest BCUT2D eigenvalue weighted by atomic mass is 16.6. The van der Waals surface area contributed by atoms with Crippen molar-refractivity contribution in [1.82, 2.24) is 9.55 Å². The van der Waals surface area contributed by atoms with Crippen LogP contribution in [-0.4, -0.2) is 36.0 Å². The van der Waals surface area contributed by atoms with Crippen molar-refractivity contribution in [3.8, 4) is 28.6 Å². The first-order chi connectivity index (χ1) is 14.0. The Kier molecular flexibility index (Phi) is 6.19. The van der Waals surface area contributed by atoms with Gasteiger partial charge in [0.2, 0.25) is 0 Å². The lowest BCUT2D eigenvalue weighted by Crippen LogP contribution is -2.17. The number of methoxy groups -OCH3 is 1. The van der Waals surface area contributed by atoms with Crippen LogP contribution in [0.15, 0.2) is 61.3 Å². The van der Waals surface area contributed by atoms with Crippen LogP contribution in [0.5, 0.6) is 11.5 Å². The number of hydrogen-bond donors (Lipinski definition) is 1. The number of hydrogen-bond acceptors (Lipinski definition) is 5. The first-order valence-corrected chi connectivity index (χ1v) is 9.03. The summed E-state index contributed by atoms with van der Waals surface area (Å²) in [5.74, 6) is 2.25. The minimum Gasteiger partial charge on any atom is -0.497 e. The highest BCUT2D eigenvalue weighted by Gasteiger charge is 2.13. The van der Waals surface area contributed by atoms with Crippen LogP contribution in [0.1, 0.15) is 12.6 Å². The molecule has 0 aliphatic carbocycles.